The highest BCUT2D eigenvalue weighted by atomic mass is 16.3. The Morgan fingerprint density at radius 2 is 2.29 bits per heavy atom. The third-order valence-electron chi connectivity index (χ3n) is 2.32. The number of aliphatic hydroxyl groups is 1. The number of rotatable bonds is 4. The topological polar surface area (TPSA) is 73.4 Å². The lowest BCUT2D eigenvalue weighted by Gasteiger charge is -2.23. The van der Waals surface area contributed by atoms with Crippen LogP contribution < -0.4 is 16.0 Å². The molecule has 1 fully saturated rings. The third-order valence-corrected chi connectivity index (χ3v) is 2.32. The molecule has 0 bridgehead atoms. The van der Waals surface area contributed by atoms with Crippen LogP contribution in [0.3, 0.4) is 0 Å². The van der Waals surface area contributed by atoms with E-state index in [1.807, 2.05) is 0 Å². The molecule has 0 radical (unpaired) electrons. The quantitative estimate of drug-likeness (QED) is 0.492. The zero-order valence-electron chi connectivity index (χ0n) is 8.38. The first-order chi connectivity index (χ1) is 6.83. The van der Waals surface area contributed by atoms with Crippen molar-refractivity contribution in [2.75, 3.05) is 26.2 Å². The minimum absolute atomic E-state index is 0.0188. The number of aliphatic hydroxyl groups excluding tert-OH is 1. The number of piperidine rings is 1. The summed E-state index contributed by atoms with van der Waals surface area (Å²) >= 11 is 0. The summed E-state index contributed by atoms with van der Waals surface area (Å²) in [7, 11) is 0. The fourth-order valence-corrected chi connectivity index (χ4v) is 1.55. The summed E-state index contributed by atoms with van der Waals surface area (Å²) in [5.41, 5.74) is 0. The molecule has 0 aromatic heterocycles. The van der Waals surface area contributed by atoms with Crippen molar-refractivity contribution < 1.29 is 9.90 Å². The van der Waals surface area contributed by atoms with Gasteiger partial charge in [-0.15, -0.1) is 0 Å². The second kappa shape index (κ2) is 6.62. The molecule has 1 atom stereocenters. The smallest absolute Gasteiger partial charge is 0.314 e. The summed E-state index contributed by atoms with van der Waals surface area (Å²) in [6.45, 7) is 2.00. The lowest BCUT2D eigenvalue weighted by Crippen LogP contribution is -2.46. The van der Waals surface area contributed by atoms with Gasteiger partial charge < -0.3 is 21.1 Å². The lowest BCUT2D eigenvalue weighted by molar-refractivity contribution is 0.232. The van der Waals surface area contributed by atoms with E-state index in [4.69, 9.17) is 5.11 Å². The first kappa shape index (κ1) is 11.3. The zero-order chi connectivity index (χ0) is 10.2. The fourth-order valence-electron chi connectivity index (χ4n) is 1.55. The average Bonchev–Trinajstić information content (AvgIpc) is 2.25. The van der Waals surface area contributed by atoms with Crippen LogP contribution in [0.4, 0.5) is 4.79 Å². The van der Waals surface area contributed by atoms with Crippen LogP contribution in [0.2, 0.25) is 0 Å². The molecule has 1 rings (SSSR count). The number of amides is 2. The molecular formula is C9H19N3O2. The van der Waals surface area contributed by atoms with Gasteiger partial charge in [0.05, 0.1) is 6.61 Å². The van der Waals surface area contributed by atoms with Crippen LogP contribution in [0.1, 0.15) is 19.3 Å². The van der Waals surface area contributed by atoms with Gasteiger partial charge in [-0.05, 0) is 19.4 Å². The molecule has 1 aliphatic heterocycles. The third kappa shape index (κ3) is 4.43. The summed E-state index contributed by atoms with van der Waals surface area (Å²) in [6.07, 6.45) is 3.59. The molecule has 82 valence electrons. The standard InChI is InChI=1S/C9H19N3O2/c13-6-5-11-9(14)12-7-8-3-1-2-4-10-8/h8,10,13H,1-7H2,(H2,11,12,14). The molecule has 5 heteroatoms. The molecule has 5 nitrogen and oxygen atoms in total. The van der Waals surface area contributed by atoms with Crippen molar-refractivity contribution in [1.82, 2.24) is 16.0 Å². The van der Waals surface area contributed by atoms with E-state index in [9.17, 15) is 4.79 Å². The van der Waals surface area contributed by atoms with Gasteiger partial charge in [-0.1, -0.05) is 6.42 Å². The predicted molar refractivity (Wildman–Crippen MR) is 54.1 cm³/mol. The normalized spacial score (nSPS) is 21.6. The zero-order valence-corrected chi connectivity index (χ0v) is 8.38. The molecule has 2 amide bonds. The minimum atomic E-state index is -0.202. The first-order valence-electron chi connectivity index (χ1n) is 5.19. The highest BCUT2D eigenvalue weighted by Gasteiger charge is 2.12. The fraction of sp³-hybridized carbons (Fsp3) is 0.889. The molecule has 1 heterocycles. The SMILES string of the molecule is O=C(NCCO)NCC1CCCCN1. The number of carbonyl (C=O) groups excluding carboxylic acids is 1. The second-order valence-corrected chi connectivity index (χ2v) is 3.51. The molecule has 1 saturated heterocycles. The van der Waals surface area contributed by atoms with E-state index in [1.54, 1.807) is 0 Å². The molecule has 0 saturated carbocycles. The van der Waals surface area contributed by atoms with E-state index in [0.29, 0.717) is 19.1 Å². The molecule has 0 aliphatic carbocycles. The van der Waals surface area contributed by atoms with Crippen LogP contribution in [-0.4, -0.2) is 43.4 Å². The van der Waals surface area contributed by atoms with Gasteiger partial charge in [0, 0.05) is 19.1 Å². The van der Waals surface area contributed by atoms with Crippen LogP contribution in [0.25, 0.3) is 0 Å². The Balaban J connectivity index is 2.03. The van der Waals surface area contributed by atoms with Gasteiger partial charge in [0.25, 0.3) is 0 Å². The number of hydrogen-bond donors (Lipinski definition) is 4. The van der Waals surface area contributed by atoms with Crippen molar-refractivity contribution in [3.05, 3.63) is 0 Å². The molecule has 0 aromatic rings. The van der Waals surface area contributed by atoms with E-state index in [-0.39, 0.29) is 12.6 Å². The van der Waals surface area contributed by atoms with E-state index in [2.05, 4.69) is 16.0 Å². The second-order valence-electron chi connectivity index (χ2n) is 3.51. The Morgan fingerprint density at radius 1 is 1.43 bits per heavy atom. The molecule has 0 aromatic carbocycles. The number of hydrogen-bond acceptors (Lipinski definition) is 3. The maximum Gasteiger partial charge on any atom is 0.314 e. The summed E-state index contributed by atoms with van der Waals surface area (Å²) in [5, 5.41) is 17.1. The van der Waals surface area contributed by atoms with Gasteiger partial charge in [0.1, 0.15) is 0 Å². The largest absolute Gasteiger partial charge is 0.395 e. The lowest BCUT2D eigenvalue weighted by atomic mass is 10.1. The monoisotopic (exact) mass is 201 g/mol. The summed E-state index contributed by atoms with van der Waals surface area (Å²) in [4.78, 5) is 11.1. The summed E-state index contributed by atoms with van der Waals surface area (Å²) < 4.78 is 0. The highest BCUT2D eigenvalue weighted by Crippen LogP contribution is 2.05. The average molecular weight is 201 g/mol. The predicted octanol–water partition coefficient (Wildman–Crippen LogP) is -0.580. The van der Waals surface area contributed by atoms with Crippen molar-refractivity contribution in [1.29, 1.82) is 0 Å². The first-order valence-corrected chi connectivity index (χ1v) is 5.19. The van der Waals surface area contributed by atoms with Gasteiger partial charge in [0.2, 0.25) is 0 Å². The highest BCUT2D eigenvalue weighted by molar-refractivity contribution is 5.73. The van der Waals surface area contributed by atoms with E-state index in [1.165, 1.54) is 12.8 Å². The maximum atomic E-state index is 11.1. The Hall–Kier alpha value is -0.810. The molecular weight excluding hydrogens is 182 g/mol. The van der Waals surface area contributed by atoms with Crippen molar-refractivity contribution in [2.45, 2.75) is 25.3 Å². The minimum Gasteiger partial charge on any atom is -0.395 e. The molecule has 0 spiro atoms. The van der Waals surface area contributed by atoms with Crippen molar-refractivity contribution in [3.8, 4) is 0 Å². The van der Waals surface area contributed by atoms with Gasteiger partial charge in [-0.2, -0.15) is 0 Å². The van der Waals surface area contributed by atoms with Crippen LogP contribution in [0.5, 0.6) is 0 Å². The van der Waals surface area contributed by atoms with Crippen molar-refractivity contribution in [2.24, 2.45) is 0 Å². The van der Waals surface area contributed by atoms with E-state index >= 15 is 0 Å². The van der Waals surface area contributed by atoms with Crippen molar-refractivity contribution >= 4 is 6.03 Å². The number of nitrogens with one attached hydrogen (secondary N) is 3. The Labute approximate surface area is 84.3 Å². The van der Waals surface area contributed by atoms with E-state index in [0.717, 1.165) is 13.0 Å². The van der Waals surface area contributed by atoms with Crippen LogP contribution in [-0.2, 0) is 0 Å². The van der Waals surface area contributed by atoms with Gasteiger partial charge >= 0.3 is 6.03 Å². The molecule has 1 aliphatic rings. The van der Waals surface area contributed by atoms with Crippen LogP contribution >= 0.6 is 0 Å². The van der Waals surface area contributed by atoms with E-state index < -0.39 is 0 Å². The van der Waals surface area contributed by atoms with Gasteiger partial charge in [0.15, 0.2) is 0 Å². The van der Waals surface area contributed by atoms with Gasteiger partial charge in [-0.25, -0.2) is 4.79 Å². The molecule has 14 heavy (non-hydrogen) atoms. The number of urea groups is 1. The Kier molecular flexibility index (Phi) is 5.32. The Morgan fingerprint density at radius 3 is 2.93 bits per heavy atom. The Bertz CT molecular complexity index is 169. The van der Waals surface area contributed by atoms with Crippen LogP contribution in [0, 0.1) is 0 Å². The summed E-state index contributed by atoms with van der Waals surface area (Å²) in [5.74, 6) is 0. The van der Waals surface area contributed by atoms with Gasteiger partial charge in [-0.3, -0.25) is 0 Å². The summed E-state index contributed by atoms with van der Waals surface area (Å²) in [6, 6.07) is 0.204. The van der Waals surface area contributed by atoms with Crippen LogP contribution in [0.15, 0.2) is 0 Å². The van der Waals surface area contributed by atoms with Crippen molar-refractivity contribution in [3.63, 3.8) is 0 Å². The maximum absolute atomic E-state index is 11.1. The number of carbonyl (C=O) groups is 1. The molecule has 4 N–H and O–H groups in total. The molecule has 1 unspecified atom stereocenters.